The molecule has 1 aromatic carbocycles. The number of ether oxygens (including phenoxy) is 2. The Morgan fingerprint density at radius 3 is 2.59 bits per heavy atom. The van der Waals surface area contributed by atoms with Crippen LogP contribution in [0.2, 0.25) is 0 Å². The van der Waals surface area contributed by atoms with Crippen molar-refractivity contribution in [3.63, 3.8) is 0 Å². The van der Waals surface area contributed by atoms with E-state index in [0.717, 1.165) is 16.9 Å². The highest BCUT2D eigenvalue weighted by Crippen LogP contribution is 2.28. The van der Waals surface area contributed by atoms with Gasteiger partial charge in [-0.25, -0.2) is 13.4 Å². The lowest BCUT2D eigenvalue weighted by Gasteiger charge is -2.26. The molecule has 1 N–H and O–H groups in total. The van der Waals surface area contributed by atoms with Crippen LogP contribution < -0.4 is 10.1 Å². The molecule has 0 unspecified atom stereocenters. The summed E-state index contributed by atoms with van der Waals surface area (Å²) in [5, 5.41) is 3.30. The summed E-state index contributed by atoms with van der Waals surface area (Å²) in [5.41, 5.74) is 2.16. The lowest BCUT2D eigenvalue weighted by molar-refractivity contribution is 0.0730. The Morgan fingerprint density at radius 1 is 1.22 bits per heavy atom. The number of morpholine rings is 1. The Balaban J connectivity index is 1.75. The molecule has 2 aromatic rings. The van der Waals surface area contributed by atoms with Gasteiger partial charge in [0.2, 0.25) is 10.0 Å². The molecule has 1 fully saturated rings. The van der Waals surface area contributed by atoms with Gasteiger partial charge in [-0.05, 0) is 32.0 Å². The fraction of sp³-hybridized carbons (Fsp3) is 0.421. The van der Waals surface area contributed by atoms with Crippen molar-refractivity contribution >= 4 is 15.8 Å². The fourth-order valence-corrected chi connectivity index (χ4v) is 4.40. The lowest BCUT2D eigenvalue weighted by atomic mass is 10.0. The van der Waals surface area contributed by atoms with Crippen LogP contribution in [0.1, 0.15) is 24.1 Å². The summed E-state index contributed by atoms with van der Waals surface area (Å²) in [4.78, 5) is 4.48. The molecule has 3 rings (SSSR count). The first-order valence-electron chi connectivity index (χ1n) is 8.87. The van der Waals surface area contributed by atoms with E-state index in [-0.39, 0.29) is 10.9 Å². The van der Waals surface area contributed by atoms with Crippen LogP contribution in [0.4, 0.5) is 5.82 Å². The standard InChI is InChI=1S/C19H25N3O4S/c1-14-4-6-18(25-3)17(12-14)15(2)21-19-7-5-16(13-20-19)27(23,24)22-8-10-26-11-9-22/h4-7,12-13,15H,8-11H2,1-3H3,(H,20,21)/t15-/m1/s1. The third kappa shape index (κ3) is 4.40. The summed E-state index contributed by atoms with van der Waals surface area (Å²) in [6.45, 7) is 5.61. The second-order valence-corrected chi connectivity index (χ2v) is 8.44. The first kappa shape index (κ1) is 19.6. The topological polar surface area (TPSA) is 80.8 Å². The molecule has 146 valence electrons. The van der Waals surface area contributed by atoms with E-state index in [0.29, 0.717) is 32.1 Å². The highest BCUT2D eigenvalue weighted by molar-refractivity contribution is 7.89. The number of methoxy groups -OCH3 is 1. The number of anilines is 1. The number of benzene rings is 1. The Labute approximate surface area is 160 Å². The fourth-order valence-electron chi connectivity index (χ4n) is 3.05. The molecule has 1 aromatic heterocycles. The molecule has 7 nitrogen and oxygen atoms in total. The van der Waals surface area contributed by atoms with E-state index >= 15 is 0 Å². The van der Waals surface area contributed by atoms with Crippen LogP contribution in [-0.4, -0.2) is 51.1 Å². The molecule has 0 amide bonds. The van der Waals surface area contributed by atoms with Crippen LogP contribution in [0.5, 0.6) is 5.75 Å². The van der Waals surface area contributed by atoms with Gasteiger partial charge < -0.3 is 14.8 Å². The zero-order valence-electron chi connectivity index (χ0n) is 15.8. The van der Waals surface area contributed by atoms with E-state index in [9.17, 15) is 8.42 Å². The van der Waals surface area contributed by atoms with Crippen molar-refractivity contribution in [3.05, 3.63) is 47.7 Å². The number of aryl methyl sites for hydroxylation is 1. The average Bonchev–Trinajstić information content (AvgIpc) is 2.69. The minimum absolute atomic E-state index is 0.0472. The van der Waals surface area contributed by atoms with E-state index < -0.39 is 10.0 Å². The first-order chi connectivity index (χ1) is 12.9. The summed E-state index contributed by atoms with van der Waals surface area (Å²) >= 11 is 0. The molecule has 8 heteroatoms. The van der Waals surface area contributed by atoms with E-state index in [2.05, 4.69) is 16.4 Å². The predicted octanol–water partition coefficient (Wildman–Crippen LogP) is 2.59. The molecule has 1 saturated heterocycles. The Kier molecular flexibility index (Phi) is 5.98. The van der Waals surface area contributed by atoms with Crippen molar-refractivity contribution in [2.45, 2.75) is 24.8 Å². The van der Waals surface area contributed by atoms with Crippen LogP contribution in [0.3, 0.4) is 0 Å². The monoisotopic (exact) mass is 391 g/mol. The molecule has 0 saturated carbocycles. The number of aromatic nitrogens is 1. The van der Waals surface area contributed by atoms with Gasteiger partial charge in [-0.3, -0.25) is 0 Å². The number of pyridine rings is 1. The summed E-state index contributed by atoms with van der Waals surface area (Å²) < 4.78 is 37.4. The molecular weight excluding hydrogens is 366 g/mol. The van der Waals surface area contributed by atoms with Gasteiger partial charge in [0.05, 0.1) is 26.4 Å². The van der Waals surface area contributed by atoms with Crippen LogP contribution in [0.25, 0.3) is 0 Å². The molecule has 0 bridgehead atoms. The molecule has 1 aliphatic rings. The van der Waals surface area contributed by atoms with Gasteiger partial charge in [0, 0.05) is 24.8 Å². The van der Waals surface area contributed by atoms with E-state index in [1.165, 1.54) is 10.5 Å². The molecule has 0 spiro atoms. The van der Waals surface area contributed by atoms with Crippen LogP contribution >= 0.6 is 0 Å². The number of rotatable bonds is 6. The maximum Gasteiger partial charge on any atom is 0.244 e. The highest BCUT2D eigenvalue weighted by Gasteiger charge is 2.26. The van der Waals surface area contributed by atoms with Gasteiger partial charge in [0.15, 0.2) is 0 Å². The third-order valence-corrected chi connectivity index (χ3v) is 6.44. The number of nitrogens with zero attached hydrogens (tertiary/aromatic N) is 2. The van der Waals surface area contributed by atoms with Crippen molar-refractivity contribution in [1.82, 2.24) is 9.29 Å². The maximum atomic E-state index is 12.7. The SMILES string of the molecule is COc1ccc(C)cc1[C@@H](C)Nc1ccc(S(=O)(=O)N2CCOCC2)cn1. The number of hydrogen-bond acceptors (Lipinski definition) is 6. The van der Waals surface area contributed by atoms with Gasteiger partial charge in [-0.2, -0.15) is 4.31 Å². The molecule has 2 heterocycles. The Bertz CT molecular complexity index is 878. The largest absolute Gasteiger partial charge is 0.496 e. The zero-order chi connectivity index (χ0) is 19.4. The lowest BCUT2D eigenvalue weighted by Crippen LogP contribution is -2.40. The van der Waals surface area contributed by atoms with E-state index in [1.54, 1.807) is 19.2 Å². The smallest absolute Gasteiger partial charge is 0.244 e. The number of hydrogen-bond donors (Lipinski definition) is 1. The molecule has 27 heavy (non-hydrogen) atoms. The first-order valence-corrected chi connectivity index (χ1v) is 10.3. The van der Waals surface area contributed by atoms with Crippen molar-refractivity contribution in [2.24, 2.45) is 0 Å². The van der Waals surface area contributed by atoms with Gasteiger partial charge in [0.1, 0.15) is 16.5 Å². The quantitative estimate of drug-likeness (QED) is 0.815. The van der Waals surface area contributed by atoms with Gasteiger partial charge >= 0.3 is 0 Å². The van der Waals surface area contributed by atoms with Crippen LogP contribution in [0, 0.1) is 6.92 Å². The zero-order valence-corrected chi connectivity index (χ0v) is 16.6. The van der Waals surface area contributed by atoms with Crippen molar-refractivity contribution < 1.29 is 17.9 Å². The Morgan fingerprint density at radius 2 is 1.96 bits per heavy atom. The third-order valence-electron chi connectivity index (χ3n) is 4.56. The Hall–Kier alpha value is -2.16. The van der Waals surface area contributed by atoms with Gasteiger partial charge in [-0.1, -0.05) is 17.7 Å². The summed E-state index contributed by atoms with van der Waals surface area (Å²) in [5.74, 6) is 1.40. The minimum atomic E-state index is -3.53. The van der Waals surface area contributed by atoms with Crippen LogP contribution in [0.15, 0.2) is 41.4 Å². The number of nitrogens with one attached hydrogen (secondary N) is 1. The van der Waals surface area contributed by atoms with E-state index in [4.69, 9.17) is 9.47 Å². The summed E-state index contributed by atoms with van der Waals surface area (Å²) in [6.07, 6.45) is 1.40. The molecule has 0 radical (unpaired) electrons. The van der Waals surface area contributed by atoms with Crippen LogP contribution in [-0.2, 0) is 14.8 Å². The number of sulfonamides is 1. The average molecular weight is 391 g/mol. The minimum Gasteiger partial charge on any atom is -0.496 e. The maximum absolute atomic E-state index is 12.7. The highest BCUT2D eigenvalue weighted by atomic mass is 32.2. The van der Waals surface area contributed by atoms with Crippen molar-refractivity contribution in [2.75, 3.05) is 38.7 Å². The molecule has 1 atom stereocenters. The molecular formula is C19H25N3O4S. The second kappa shape index (κ2) is 8.24. The summed E-state index contributed by atoms with van der Waals surface area (Å²) in [7, 11) is -1.89. The van der Waals surface area contributed by atoms with Crippen molar-refractivity contribution in [3.8, 4) is 5.75 Å². The predicted molar refractivity (Wildman–Crippen MR) is 104 cm³/mol. The normalized spacial score (nSPS) is 16.7. The van der Waals surface area contributed by atoms with Crippen molar-refractivity contribution in [1.29, 1.82) is 0 Å². The summed E-state index contributed by atoms with van der Waals surface area (Å²) in [6, 6.07) is 9.22. The van der Waals surface area contributed by atoms with E-state index in [1.807, 2.05) is 26.0 Å². The van der Waals surface area contributed by atoms with Gasteiger partial charge in [0.25, 0.3) is 0 Å². The van der Waals surface area contributed by atoms with Gasteiger partial charge in [-0.15, -0.1) is 0 Å². The molecule has 0 aliphatic carbocycles. The molecule has 1 aliphatic heterocycles. The second-order valence-electron chi connectivity index (χ2n) is 6.51.